The van der Waals surface area contributed by atoms with Crippen molar-refractivity contribution in [3.8, 4) is 0 Å². The van der Waals surface area contributed by atoms with Gasteiger partial charge in [0.05, 0.1) is 31.9 Å². The molecule has 103 heavy (non-hydrogen) atoms. The van der Waals surface area contributed by atoms with Crippen LogP contribution >= 0.6 is 0 Å². The smallest absolute Gasteiger partial charge is 0.326 e. The molecule has 22 N–H and O–H groups in total. The highest BCUT2D eigenvalue weighted by atomic mass is 16.4. The standard InChI is InChI=1S/C68H115N17O18/c1-33(2)27-41(69)55(91)78-44(28-34(3)4)65(101)85-26-20-24-47(85)60(96)76-42(23-19-25-72-67(70)71)56(92)80-49(35(5)6)61(97)74-38(11)54(90)84-53(68(13,14)15)64(100)73-30-48(89)75-45(31-86)58(94)79-46(32-87)59(95)77-43(29-40-21-17-16-18-22-40)57(93)81-50(36(7)8)62(98)83-52(39(12)88)63(99)82-51(37(9)10)66(102)103/h16-18,21-22,33-39,41-47,49-53,86-88H,19-20,23-32,69H2,1-15H3,(H,73,100)(H,74,97)(H,75,89)(H,76,96)(H,77,95)(H,78,91)(H,79,94)(H,80,92)(H,81,93)(H,82,99)(H,83,98)(H,84,90)(H,102,103)(H4,70,71,72)/t38-,39+,41-,42-,43-,44-,45-,46-,47-,49-,50-,51-,52-,53+/m0/s1. The lowest BCUT2D eigenvalue weighted by atomic mass is 9.86. The molecule has 0 bridgehead atoms. The Kier molecular flexibility index (Phi) is 37.7. The van der Waals surface area contributed by atoms with Crippen molar-refractivity contribution in [2.24, 2.45) is 57.2 Å². The van der Waals surface area contributed by atoms with E-state index in [0.29, 0.717) is 18.4 Å². The molecule has 580 valence electrons. The van der Waals surface area contributed by atoms with Crippen LogP contribution in [0.4, 0.5) is 0 Å². The van der Waals surface area contributed by atoms with Crippen molar-refractivity contribution in [3.05, 3.63) is 35.9 Å². The lowest BCUT2D eigenvalue weighted by Gasteiger charge is -2.32. The molecular weight excluding hydrogens is 1340 g/mol. The van der Waals surface area contributed by atoms with E-state index >= 15 is 0 Å². The molecule has 1 aliphatic heterocycles. The molecule has 1 aromatic carbocycles. The van der Waals surface area contributed by atoms with E-state index in [-0.39, 0.29) is 63.0 Å². The highest BCUT2D eigenvalue weighted by Crippen LogP contribution is 2.23. The molecule has 0 unspecified atom stereocenters. The summed E-state index contributed by atoms with van der Waals surface area (Å²) in [5, 5.41) is 70.5. The maximum Gasteiger partial charge on any atom is 0.326 e. The minimum absolute atomic E-state index is 0.0303. The van der Waals surface area contributed by atoms with Gasteiger partial charge in [-0.15, -0.1) is 0 Å². The molecule has 0 saturated carbocycles. The summed E-state index contributed by atoms with van der Waals surface area (Å²) in [5.74, 6) is -14.8. The van der Waals surface area contributed by atoms with Crippen LogP contribution in [-0.4, -0.2) is 232 Å². The molecule has 35 nitrogen and oxygen atoms in total. The quantitative estimate of drug-likeness (QED) is 0.0167. The second kappa shape index (κ2) is 43.1. The molecule has 35 heteroatoms. The summed E-state index contributed by atoms with van der Waals surface area (Å²) in [5.41, 5.74) is 16.7. The number of likely N-dealkylation sites (tertiary alicyclic amines) is 1. The van der Waals surface area contributed by atoms with Crippen LogP contribution in [-0.2, 0) is 73.5 Å². The summed E-state index contributed by atoms with van der Waals surface area (Å²) >= 11 is 0. The predicted molar refractivity (Wildman–Crippen MR) is 379 cm³/mol. The molecule has 13 amide bonds. The second-order valence-corrected chi connectivity index (χ2v) is 28.9. The molecule has 1 heterocycles. The first-order valence-corrected chi connectivity index (χ1v) is 34.8. The first-order chi connectivity index (χ1) is 47.9. The number of carbonyl (C=O) groups excluding carboxylic acids is 13. The maximum atomic E-state index is 14.2. The summed E-state index contributed by atoms with van der Waals surface area (Å²) < 4.78 is 0. The van der Waals surface area contributed by atoms with E-state index in [0.717, 1.165) is 0 Å². The third-order valence-corrected chi connectivity index (χ3v) is 16.7. The second-order valence-electron chi connectivity index (χ2n) is 28.9. The van der Waals surface area contributed by atoms with Crippen molar-refractivity contribution in [3.63, 3.8) is 0 Å². The van der Waals surface area contributed by atoms with Crippen molar-refractivity contribution in [1.82, 2.24) is 68.7 Å². The van der Waals surface area contributed by atoms with Crippen LogP contribution < -0.4 is 81.0 Å². The Bertz CT molecular complexity index is 3090. The summed E-state index contributed by atoms with van der Waals surface area (Å²) in [6, 6.07) is -9.70. The van der Waals surface area contributed by atoms with Crippen LogP contribution in [0, 0.1) is 35.0 Å². The Balaban J connectivity index is 2.23. The number of carboxylic acid groups (broad SMARTS) is 1. The Hall–Kier alpha value is -9.09. The highest BCUT2D eigenvalue weighted by Gasteiger charge is 2.42. The third kappa shape index (κ3) is 30.4. The van der Waals surface area contributed by atoms with E-state index < -0.39 is 210 Å². The summed E-state index contributed by atoms with van der Waals surface area (Å²) in [7, 11) is 0. The maximum absolute atomic E-state index is 14.2. The average Bonchev–Trinajstić information content (AvgIpc) is 1.81. The molecule has 0 aliphatic carbocycles. The first kappa shape index (κ1) is 90.0. The van der Waals surface area contributed by atoms with Gasteiger partial charge in [0, 0.05) is 19.5 Å². The number of carboxylic acids is 1. The number of aliphatic hydroxyl groups is 3. The van der Waals surface area contributed by atoms with Gasteiger partial charge in [0.15, 0.2) is 5.96 Å². The fourth-order valence-electron chi connectivity index (χ4n) is 10.9. The highest BCUT2D eigenvalue weighted by molar-refractivity contribution is 6.00. The fourth-order valence-corrected chi connectivity index (χ4v) is 10.9. The number of hydrogen-bond donors (Lipinski definition) is 19. The van der Waals surface area contributed by atoms with Gasteiger partial charge in [-0.2, -0.15) is 0 Å². The number of benzene rings is 1. The molecule has 1 saturated heterocycles. The van der Waals surface area contributed by atoms with Gasteiger partial charge in [0.2, 0.25) is 76.8 Å². The monoisotopic (exact) mass is 1460 g/mol. The Labute approximate surface area is 602 Å². The number of nitrogens with two attached hydrogens (primary N) is 3. The van der Waals surface area contributed by atoms with E-state index in [9.17, 15) is 87.5 Å². The zero-order chi connectivity index (χ0) is 78.5. The van der Waals surface area contributed by atoms with Crippen molar-refractivity contribution < 1.29 is 87.5 Å². The van der Waals surface area contributed by atoms with Crippen molar-refractivity contribution in [2.45, 2.75) is 233 Å². The Morgan fingerprint density at radius 1 is 0.544 bits per heavy atom. The number of nitrogens with one attached hydrogen (secondary N) is 12. The van der Waals surface area contributed by atoms with Crippen LogP contribution in [0.5, 0.6) is 0 Å². The molecule has 2 rings (SSSR count). The van der Waals surface area contributed by atoms with Crippen LogP contribution in [0.15, 0.2) is 35.3 Å². The van der Waals surface area contributed by atoms with Gasteiger partial charge in [0.25, 0.3) is 0 Å². The van der Waals surface area contributed by atoms with Gasteiger partial charge < -0.3 is 106 Å². The van der Waals surface area contributed by atoms with Gasteiger partial charge in [-0.3, -0.25) is 67.3 Å². The van der Waals surface area contributed by atoms with Crippen LogP contribution in [0.2, 0.25) is 0 Å². The molecule has 1 aromatic rings. The number of amides is 13. The topological polar surface area (TPSA) is 558 Å². The zero-order valence-corrected chi connectivity index (χ0v) is 62.0. The number of hydrogen-bond acceptors (Lipinski definition) is 19. The number of aliphatic imine (C=N–C) groups is 1. The van der Waals surface area contributed by atoms with Crippen molar-refractivity contribution in [2.75, 3.05) is 32.8 Å². The molecule has 0 aromatic heterocycles. The Morgan fingerprint density at radius 2 is 1.02 bits per heavy atom. The van der Waals surface area contributed by atoms with Gasteiger partial charge in [-0.1, -0.05) is 120 Å². The largest absolute Gasteiger partial charge is 0.480 e. The van der Waals surface area contributed by atoms with Crippen molar-refractivity contribution in [1.29, 1.82) is 0 Å². The third-order valence-electron chi connectivity index (χ3n) is 16.7. The van der Waals surface area contributed by atoms with E-state index in [2.05, 4.69) is 68.8 Å². The number of guanidine groups is 1. The fraction of sp³-hybridized carbons (Fsp3) is 0.691. The molecule has 1 aliphatic rings. The molecule has 0 spiro atoms. The molecular formula is C68H115N17O18. The van der Waals surface area contributed by atoms with Gasteiger partial charge in [-0.05, 0) is 92.9 Å². The summed E-state index contributed by atoms with van der Waals surface area (Å²) in [4.78, 5) is 196. The van der Waals surface area contributed by atoms with Crippen molar-refractivity contribution >= 4 is 88.7 Å². The number of rotatable bonds is 42. The van der Waals surface area contributed by atoms with E-state index in [4.69, 9.17) is 17.2 Å². The minimum atomic E-state index is -1.84. The van der Waals surface area contributed by atoms with Gasteiger partial charge >= 0.3 is 5.97 Å². The normalized spacial score (nSPS) is 16.8. The lowest BCUT2D eigenvalue weighted by molar-refractivity contribution is -0.144. The number of carbonyl (C=O) groups is 14. The van der Waals surface area contributed by atoms with Crippen LogP contribution in [0.3, 0.4) is 0 Å². The van der Waals surface area contributed by atoms with Gasteiger partial charge in [0.1, 0.15) is 72.5 Å². The summed E-state index contributed by atoms with van der Waals surface area (Å²) in [6.45, 7) is 21.5. The van der Waals surface area contributed by atoms with Gasteiger partial charge in [-0.25, -0.2) is 4.79 Å². The number of nitrogens with zero attached hydrogens (tertiary/aromatic N) is 2. The predicted octanol–water partition coefficient (Wildman–Crippen LogP) is -4.37. The van der Waals surface area contributed by atoms with E-state index in [1.807, 2.05) is 27.7 Å². The molecule has 14 atom stereocenters. The summed E-state index contributed by atoms with van der Waals surface area (Å²) in [6.07, 6.45) is -0.278. The lowest BCUT2D eigenvalue weighted by Crippen LogP contribution is -2.62. The first-order valence-electron chi connectivity index (χ1n) is 34.8. The zero-order valence-electron chi connectivity index (χ0n) is 62.0. The van der Waals surface area contributed by atoms with Crippen LogP contribution in [0.1, 0.15) is 148 Å². The number of aliphatic hydroxyl groups excluding tert-OH is 3. The number of aliphatic carboxylic acids is 1. The minimum Gasteiger partial charge on any atom is -0.480 e. The van der Waals surface area contributed by atoms with Crippen LogP contribution in [0.25, 0.3) is 0 Å². The van der Waals surface area contributed by atoms with E-state index in [1.165, 1.54) is 32.6 Å². The SMILES string of the molecule is CC(C)C[C@H](NC(=O)[C@@H](N)CC(C)C)C(=O)N1CCC[C@H]1C(=O)N[C@@H](CCCN=C(N)N)C(=O)N[C@H](C(=O)N[C@@H](C)C(=O)N[C@H](C(=O)NCC(=O)N[C@@H](CO)C(=O)N[C@@H](CO)C(=O)N[C@@H](Cc1ccccc1)C(=O)N[C@H](C(=O)N[C@H](C(=O)N[C@H](C(=O)O)C(C)C)[C@@H](C)O)C(C)C)C(C)(C)C)C(C)C. The average molecular weight is 1460 g/mol. The molecule has 1 fully saturated rings. The van der Waals surface area contributed by atoms with E-state index in [1.54, 1.807) is 78.8 Å². The Morgan fingerprint density at radius 3 is 1.51 bits per heavy atom. The molecule has 0 radical (unpaired) electrons.